The van der Waals surface area contributed by atoms with Gasteiger partial charge in [-0.25, -0.2) is 4.79 Å². The third kappa shape index (κ3) is 2.56. The van der Waals surface area contributed by atoms with Crippen LogP contribution in [0.5, 0.6) is 0 Å². The normalized spacial score (nSPS) is 11.5. The molecule has 0 aliphatic heterocycles. The molecule has 5 nitrogen and oxygen atoms in total. The zero-order chi connectivity index (χ0) is 11.6. The molecule has 0 radical (unpaired) electrons. The Bertz CT molecular complexity index is 363. The first kappa shape index (κ1) is 11.7. The van der Waals surface area contributed by atoms with Crippen molar-refractivity contribution in [1.29, 1.82) is 0 Å². The summed E-state index contributed by atoms with van der Waals surface area (Å²) in [5.41, 5.74) is -0.452. The lowest BCUT2D eigenvalue weighted by atomic mass is 9.99. The van der Waals surface area contributed by atoms with E-state index in [-0.39, 0.29) is 5.69 Å². The van der Waals surface area contributed by atoms with Crippen LogP contribution in [0.1, 0.15) is 36.8 Å². The van der Waals surface area contributed by atoms with E-state index in [1.807, 2.05) is 0 Å². The van der Waals surface area contributed by atoms with Crippen molar-refractivity contribution in [2.75, 3.05) is 6.61 Å². The minimum Gasteiger partial charge on any atom is -0.461 e. The Labute approximate surface area is 88.7 Å². The highest BCUT2D eigenvalue weighted by Gasteiger charge is 2.27. The summed E-state index contributed by atoms with van der Waals surface area (Å²) in [5, 5.41) is 13.8. The van der Waals surface area contributed by atoms with Gasteiger partial charge in [0.1, 0.15) is 0 Å². The molecule has 15 heavy (non-hydrogen) atoms. The third-order valence-electron chi connectivity index (χ3n) is 1.96. The highest BCUT2D eigenvalue weighted by atomic mass is 16.5. The first-order valence-corrected chi connectivity index (χ1v) is 4.80. The monoisotopic (exact) mass is 212 g/mol. The summed E-state index contributed by atoms with van der Waals surface area (Å²) < 4.78 is 6.34. The molecule has 1 rings (SSSR count). The van der Waals surface area contributed by atoms with Gasteiger partial charge in [-0.05, 0) is 20.8 Å². The number of aliphatic hydroxyl groups is 1. The van der Waals surface area contributed by atoms with E-state index in [0.717, 1.165) is 0 Å². The number of carbonyl (C=O) groups is 1. The molecular formula is C10H16N2O3. The number of esters is 1. The van der Waals surface area contributed by atoms with Crippen LogP contribution in [0, 0.1) is 0 Å². The van der Waals surface area contributed by atoms with Crippen LogP contribution in [0.3, 0.4) is 0 Å². The van der Waals surface area contributed by atoms with Gasteiger partial charge < -0.3 is 9.84 Å². The lowest BCUT2D eigenvalue weighted by Crippen LogP contribution is -2.20. The Balaban J connectivity index is 3.12. The number of hydrogen-bond acceptors (Lipinski definition) is 4. The molecule has 0 fully saturated rings. The Hall–Kier alpha value is -1.36. The molecule has 0 aliphatic carbocycles. The van der Waals surface area contributed by atoms with Crippen molar-refractivity contribution in [3.63, 3.8) is 0 Å². The lowest BCUT2D eigenvalue weighted by Gasteiger charge is -2.16. The quantitative estimate of drug-likeness (QED) is 0.753. The van der Waals surface area contributed by atoms with Gasteiger partial charge in [0.25, 0.3) is 0 Å². The number of aromatic nitrogens is 2. The van der Waals surface area contributed by atoms with E-state index in [9.17, 15) is 9.90 Å². The Morgan fingerprint density at radius 1 is 1.67 bits per heavy atom. The third-order valence-corrected chi connectivity index (χ3v) is 1.96. The second-order valence-corrected chi connectivity index (χ2v) is 3.84. The molecule has 84 valence electrons. The van der Waals surface area contributed by atoms with Crippen molar-refractivity contribution in [3.05, 3.63) is 17.5 Å². The summed E-state index contributed by atoms with van der Waals surface area (Å²) in [5.74, 6) is -0.504. The highest BCUT2D eigenvalue weighted by Crippen LogP contribution is 2.23. The van der Waals surface area contributed by atoms with Crippen LogP contribution in [0.4, 0.5) is 0 Å². The van der Waals surface area contributed by atoms with Crippen LogP contribution < -0.4 is 0 Å². The Morgan fingerprint density at radius 2 is 2.27 bits per heavy atom. The summed E-state index contributed by atoms with van der Waals surface area (Å²) >= 11 is 0. The van der Waals surface area contributed by atoms with E-state index in [4.69, 9.17) is 4.74 Å². The summed E-state index contributed by atoms with van der Waals surface area (Å²) in [4.78, 5) is 11.5. The van der Waals surface area contributed by atoms with Crippen LogP contribution in [0.25, 0.3) is 0 Å². The average Bonchev–Trinajstić information content (AvgIpc) is 2.47. The van der Waals surface area contributed by atoms with Gasteiger partial charge in [-0.3, -0.25) is 4.68 Å². The number of carbonyl (C=O) groups excluding carboxylic acids is 1. The maximum Gasteiger partial charge on any atom is 0.359 e. The van der Waals surface area contributed by atoms with Crippen LogP contribution in [0.2, 0.25) is 0 Å². The molecule has 0 saturated heterocycles. The molecule has 1 aromatic rings. The van der Waals surface area contributed by atoms with Crippen LogP contribution in [-0.4, -0.2) is 27.5 Å². The van der Waals surface area contributed by atoms with Crippen LogP contribution in [-0.2, 0) is 17.4 Å². The van der Waals surface area contributed by atoms with Gasteiger partial charge in [0.2, 0.25) is 0 Å². The predicted octanol–water partition coefficient (Wildman–Crippen LogP) is 0.824. The van der Waals surface area contributed by atoms with E-state index < -0.39 is 11.6 Å². The van der Waals surface area contributed by atoms with E-state index in [2.05, 4.69) is 5.10 Å². The minimum atomic E-state index is -1.10. The topological polar surface area (TPSA) is 64.3 Å². The number of nitrogens with zero attached hydrogens (tertiary/aromatic N) is 2. The van der Waals surface area contributed by atoms with Crippen LogP contribution >= 0.6 is 0 Å². The standard InChI is InChI=1S/C10H16N2O3/c1-5-15-9(13)8-7(10(2,3)14)6-12(4)11-8/h6,14H,5H2,1-4H3. The van der Waals surface area contributed by atoms with E-state index in [1.165, 1.54) is 4.68 Å². The molecule has 0 atom stereocenters. The summed E-state index contributed by atoms with van der Waals surface area (Å²) in [6.45, 7) is 5.23. The molecule has 1 heterocycles. The number of ether oxygens (including phenoxy) is 1. The largest absolute Gasteiger partial charge is 0.461 e. The van der Waals surface area contributed by atoms with Crippen LogP contribution in [0.15, 0.2) is 6.20 Å². The summed E-state index contributed by atoms with van der Waals surface area (Å²) in [6.07, 6.45) is 1.62. The van der Waals surface area contributed by atoms with Gasteiger partial charge in [0, 0.05) is 18.8 Å². The van der Waals surface area contributed by atoms with Gasteiger partial charge in [-0.15, -0.1) is 0 Å². The predicted molar refractivity (Wildman–Crippen MR) is 54.4 cm³/mol. The SMILES string of the molecule is CCOC(=O)c1nn(C)cc1C(C)(C)O. The first-order chi connectivity index (χ1) is 6.86. The zero-order valence-electron chi connectivity index (χ0n) is 9.44. The minimum absolute atomic E-state index is 0.173. The second-order valence-electron chi connectivity index (χ2n) is 3.84. The summed E-state index contributed by atoms with van der Waals surface area (Å²) in [7, 11) is 1.69. The van der Waals surface area contributed by atoms with Gasteiger partial charge in [0.05, 0.1) is 12.2 Å². The van der Waals surface area contributed by atoms with Gasteiger partial charge in [0.15, 0.2) is 5.69 Å². The smallest absolute Gasteiger partial charge is 0.359 e. The molecule has 0 aromatic carbocycles. The number of rotatable bonds is 3. The molecular weight excluding hydrogens is 196 g/mol. The van der Waals surface area contributed by atoms with E-state index in [0.29, 0.717) is 12.2 Å². The fourth-order valence-corrected chi connectivity index (χ4v) is 1.29. The molecule has 0 spiro atoms. The number of hydrogen-bond donors (Lipinski definition) is 1. The molecule has 1 aromatic heterocycles. The van der Waals surface area contributed by atoms with Crippen molar-refractivity contribution in [3.8, 4) is 0 Å². The number of aryl methyl sites for hydroxylation is 1. The maximum absolute atomic E-state index is 11.5. The zero-order valence-corrected chi connectivity index (χ0v) is 9.44. The molecule has 0 saturated carbocycles. The molecule has 0 bridgehead atoms. The van der Waals surface area contributed by atoms with Gasteiger partial charge in [-0.2, -0.15) is 5.10 Å². The molecule has 0 aliphatic rings. The maximum atomic E-state index is 11.5. The van der Waals surface area contributed by atoms with E-state index >= 15 is 0 Å². The molecule has 0 amide bonds. The Kier molecular flexibility index (Phi) is 3.14. The summed E-state index contributed by atoms with van der Waals surface area (Å²) in [6, 6.07) is 0. The molecule has 0 unspecified atom stereocenters. The highest BCUT2D eigenvalue weighted by molar-refractivity contribution is 5.89. The Morgan fingerprint density at radius 3 is 2.73 bits per heavy atom. The van der Waals surface area contributed by atoms with Crippen molar-refractivity contribution in [2.24, 2.45) is 7.05 Å². The van der Waals surface area contributed by atoms with Crippen molar-refractivity contribution < 1.29 is 14.6 Å². The molecule has 1 N–H and O–H groups in total. The van der Waals surface area contributed by atoms with Crippen molar-refractivity contribution in [1.82, 2.24) is 9.78 Å². The fraction of sp³-hybridized carbons (Fsp3) is 0.600. The van der Waals surface area contributed by atoms with E-state index in [1.54, 1.807) is 34.0 Å². The fourth-order valence-electron chi connectivity index (χ4n) is 1.29. The lowest BCUT2D eigenvalue weighted by molar-refractivity contribution is 0.0482. The first-order valence-electron chi connectivity index (χ1n) is 4.80. The van der Waals surface area contributed by atoms with Crippen molar-refractivity contribution >= 4 is 5.97 Å². The second kappa shape index (κ2) is 4.02. The average molecular weight is 212 g/mol. The molecule has 5 heteroatoms. The van der Waals surface area contributed by atoms with Gasteiger partial charge >= 0.3 is 5.97 Å². The van der Waals surface area contributed by atoms with Gasteiger partial charge in [-0.1, -0.05) is 0 Å². The van der Waals surface area contributed by atoms with Crippen molar-refractivity contribution in [2.45, 2.75) is 26.4 Å².